The van der Waals surface area contributed by atoms with Crippen LogP contribution in [0.3, 0.4) is 0 Å². The first-order valence-electron chi connectivity index (χ1n) is 15.8. The molecule has 0 fully saturated rings. The molecule has 0 aromatic heterocycles. The summed E-state index contributed by atoms with van der Waals surface area (Å²) in [5.41, 5.74) is 0.958. The highest BCUT2D eigenvalue weighted by atomic mass is 16.5. The van der Waals surface area contributed by atoms with E-state index in [-0.39, 0.29) is 42.5 Å². The van der Waals surface area contributed by atoms with Crippen LogP contribution in [-0.4, -0.2) is 98.7 Å². The van der Waals surface area contributed by atoms with Crippen LogP contribution in [0.5, 0.6) is 0 Å². The lowest BCUT2D eigenvalue weighted by Crippen LogP contribution is -2.43. The van der Waals surface area contributed by atoms with Gasteiger partial charge in [-0.25, -0.2) is 0 Å². The van der Waals surface area contributed by atoms with Crippen LogP contribution < -0.4 is 0 Å². The first-order chi connectivity index (χ1) is 19.8. The molecule has 0 bridgehead atoms. The summed E-state index contributed by atoms with van der Waals surface area (Å²) < 4.78 is 5.84. The molecule has 8 atom stereocenters. The highest BCUT2D eigenvalue weighted by Crippen LogP contribution is 2.44. The Labute approximate surface area is 252 Å². The van der Waals surface area contributed by atoms with Gasteiger partial charge in [0.25, 0.3) is 0 Å². The van der Waals surface area contributed by atoms with Crippen LogP contribution in [0.1, 0.15) is 87.0 Å². The molecule has 0 spiro atoms. The summed E-state index contributed by atoms with van der Waals surface area (Å²) in [6, 6.07) is 0. The minimum Gasteiger partial charge on any atom is -0.481 e. The molecule has 10 heteroatoms. The highest BCUT2D eigenvalue weighted by molar-refractivity contribution is 5.76. The van der Waals surface area contributed by atoms with Gasteiger partial charge in [-0.05, 0) is 70.8 Å². The Morgan fingerprint density at radius 2 is 1.62 bits per heavy atom. The average Bonchev–Trinajstić information content (AvgIpc) is 2.93. The predicted octanol–water partition coefficient (Wildman–Crippen LogP) is 4.05. The molecule has 0 amide bonds. The number of aliphatic hydroxyl groups excluding tert-OH is 3. The van der Waals surface area contributed by atoms with Crippen LogP contribution >= 0.6 is 0 Å². The standard InChI is InChI=1S/C23H36O7.C9H21N3/c1-4-13(2)23(29)30-20-11-17(25)9-15-6-5-14(3)19(22(15)20)8-7-16(24)10-18(26)12-21(27)28;1-5-11(6-2)9(10)12(7-3)8-4/h5-6,9,13-14,16-20,22,24-26H,4,7-8,10-12H2,1-3H3,(H,27,28);10H,5-8H2,1-4H3/t13-,14-,16+,17+,18+,19-,20-,22-;/m0./s1. The third-order valence-corrected chi connectivity index (χ3v) is 8.57. The summed E-state index contributed by atoms with van der Waals surface area (Å²) in [7, 11) is 0. The summed E-state index contributed by atoms with van der Waals surface area (Å²) >= 11 is 0. The Bertz CT molecular complexity index is 887. The van der Waals surface area contributed by atoms with Gasteiger partial charge < -0.3 is 35.0 Å². The number of fused-ring (bicyclic) bond motifs is 1. The van der Waals surface area contributed by atoms with Crippen molar-refractivity contribution in [2.75, 3.05) is 26.2 Å². The predicted molar refractivity (Wildman–Crippen MR) is 165 cm³/mol. The maximum absolute atomic E-state index is 12.4. The first kappa shape index (κ1) is 37.6. The summed E-state index contributed by atoms with van der Waals surface area (Å²) in [5, 5.41) is 46.9. The van der Waals surface area contributed by atoms with E-state index in [0.717, 1.165) is 31.8 Å². The molecule has 2 aliphatic carbocycles. The van der Waals surface area contributed by atoms with E-state index in [1.54, 1.807) is 0 Å². The van der Waals surface area contributed by atoms with E-state index in [1.165, 1.54) is 0 Å². The van der Waals surface area contributed by atoms with E-state index in [4.69, 9.17) is 15.3 Å². The SMILES string of the molecule is CCN(CC)C(=N)N(CC)CC.CC[C@H](C)C(=O)O[C@H]1C[C@H](O)C=C2C=C[C@H](C)[C@H](CC[C@@H](O)C[C@@H](O)CC(=O)O)[C@H]21. The lowest BCUT2D eigenvalue weighted by atomic mass is 9.66. The minimum absolute atomic E-state index is 0.0156. The van der Waals surface area contributed by atoms with Gasteiger partial charge in [0.05, 0.1) is 30.7 Å². The van der Waals surface area contributed by atoms with Crippen LogP contribution in [0.2, 0.25) is 0 Å². The van der Waals surface area contributed by atoms with Gasteiger partial charge in [-0.2, -0.15) is 0 Å². The Morgan fingerprint density at radius 3 is 2.12 bits per heavy atom. The fraction of sp³-hybridized carbons (Fsp3) is 0.781. The lowest BCUT2D eigenvalue weighted by Gasteiger charge is -2.43. The molecule has 0 saturated heterocycles. The van der Waals surface area contributed by atoms with Crippen molar-refractivity contribution in [3.8, 4) is 0 Å². The highest BCUT2D eigenvalue weighted by Gasteiger charge is 2.42. The van der Waals surface area contributed by atoms with Crippen LogP contribution in [0.15, 0.2) is 23.8 Å². The van der Waals surface area contributed by atoms with Crippen molar-refractivity contribution in [2.24, 2.45) is 23.7 Å². The monoisotopic (exact) mass is 595 g/mol. The van der Waals surface area contributed by atoms with E-state index in [0.29, 0.717) is 31.6 Å². The second kappa shape index (κ2) is 19.0. The molecule has 2 rings (SSSR count). The molecular formula is C32H57N3O7. The first-order valence-corrected chi connectivity index (χ1v) is 15.8. The van der Waals surface area contributed by atoms with Crippen LogP contribution in [0.25, 0.3) is 0 Å². The van der Waals surface area contributed by atoms with Crippen molar-refractivity contribution >= 4 is 17.9 Å². The fourth-order valence-corrected chi connectivity index (χ4v) is 5.77. The normalized spacial score (nSPS) is 25.1. The van der Waals surface area contributed by atoms with Gasteiger partial charge >= 0.3 is 11.9 Å². The number of aliphatic carboxylic acids is 1. The minimum atomic E-state index is -1.10. The molecule has 0 aromatic rings. The molecule has 0 aromatic carbocycles. The number of aliphatic hydroxyl groups is 3. The quantitative estimate of drug-likeness (QED) is 0.114. The Balaban J connectivity index is 0.000000619. The molecule has 5 N–H and O–H groups in total. The average molecular weight is 596 g/mol. The molecule has 242 valence electrons. The van der Waals surface area contributed by atoms with Crippen molar-refractivity contribution in [1.29, 1.82) is 5.41 Å². The van der Waals surface area contributed by atoms with Gasteiger partial charge in [-0.1, -0.05) is 39.0 Å². The number of carbonyl (C=O) groups is 2. The Kier molecular flexibility index (Phi) is 17.0. The number of esters is 1. The number of ether oxygens (including phenoxy) is 1. The lowest BCUT2D eigenvalue weighted by molar-refractivity contribution is -0.159. The third-order valence-electron chi connectivity index (χ3n) is 8.57. The van der Waals surface area contributed by atoms with E-state index in [2.05, 4.69) is 50.5 Å². The summed E-state index contributed by atoms with van der Waals surface area (Å²) in [5.74, 6) is -0.652. The van der Waals surface area contributed by atoms with Crippen LogP contribution in [0, 0.1) is 29.1 Å². The maximum Gasteiger partial charge on any atom is 0.308 e. The molecule has 2 aliphatic rings. The molecule has 42 heavy (non-hydrogen) atoms. The number of rotatable bonds is 14. The molecule has 0 heterocycles. The van der Waals surface area contributed by atoms with Crippen LogP contribution in [-0.2, 0) is 14.3 Å². The molecular weight excluding hydrogens is 538 g/mol. The van der Waals surface area contributed by atoms with E-state index < -0.39 is 30.4 Å². The zero-order chi connectivity index (χ0) is 32.0. The smallest absolute Gasteiger partial charge is 0.308 e. The van der Waals surface area contributed by atoms with Crippen LogP contribution in [0.4, 0.5) is 0 Å². The zero-order valence-electron chi connectivity index (χ0n) is 26.8. The molecule has 0 aliphatic heterocycles. The van der Waals surface area contributed by atoms with Gasteiger partial charge in [0.1, 0.15) is 6.10 Å². The number of carboxylic acids is 1. The topological polar surface area (TPSA) is 155 Å². The Morgan fingerprint density at radius 1 is 1.05 bits per heavy atom. The van der Waals surface area contributed by atoms with Gasteiger partial charge in [-0.3, -0.25) is 15.0 Å². The van der Waals surface area contributed by atoms with Crippen molar-refractivity contribution in [3.63, 3.8) is 0 Å². The zero-order valence-corrected chi connectivity index (χ0v) is 26.8. The summed E-state index contributed by atoms with van der Waals surface area (Å²) in [4.78, 5) is 27.3. The van der Waals surface area contributed by atoms with Gasteiger partial charge in [0.2, 0.25) is 0 Å². The number of nitrogens with one attached hydrogen (secondary N) is 1. The number of hydrogen-bond donors (Lipinski definition) is 5. The number of carboxylic acid groups (broad SMARTS) is 1. The van der Waals surface area contributed by atoms with Crippen molar-refractivity contribution in [2.45, 2.75) is 111 Å². The van der Waals surface area contributed by atoms with E-state index >= 15 is 0 Å². The maximum atomic E-state index is 12.4. The van der Waals surface area contributed by atoms with Crippen molar-refractivity contribution < 1.29 is 34.8 Å². The molecule has 0 saturated carbocycles. The van der Waals surface area contributed by atoms with Gasteiger partial charge in [-0.15, -0.1) is 0 Å². The van der Waals surface area contributed by atoms with E-state index in [1.807, 2.05) is 26.0 Å². The second-order valence-corrected chi connectivity index (χ2v) is 11.5. The van der Waals surface area contributed by atoms with Gasteiger partial charge in [0, 0.05) is 38.5 Å². The second-order valence-electron chi connectivity index (χ2n) is 11.5. The number of carbonyl (C=O) groups excluding carboxylic acids is 1. The number of guanidine groups is 1. The fourth-order valence-electron chi connectivity index (χ4n) is 5.77. The molecule has 10 nitrogen and oxygen atoms in total. The molecule has 0 unspecified atom stereocenters. The number of hydrogen-bond acceptors (Lipinski definition) is 7. The number of allylic oxidation sites excluding steroid dienone is 2. The summed E-state index contributed by atoms with van der Waals surface area (Å²) in [6.45, 7) is 17.9. The van der Waals surface area contributed by atoms with E-state index in [9.17, 15) is 24.9 Å². The summed E-state index contributed by atoms with van der Waals surface area (Å²) in [6.07, 6.45) is 4.64. The Hall–Kier alpha value is -2.43. The largest absolute Gasteiger partial charge is 0.481 e. The van der Waals surface area contributed by atoms with Gasteiger partial charge in [0.15, 0.2) is 5.96 Å². The third kappa shape index (κ3) is 11.7. The number of nitrogens with zero attached hydrogens (tertiary/aromatic N) is 2. The van der Waals surface area contributed by atoms with Crippen molar-refractivity contribution in [3.05, 3.63) is 23.8 Å². The van der Waals surface area contributed by atoms with Crippen molar-refractivity contribution in [1.82, 2.24) is 9.80 Å². The molecule has 0 radical (unpaired) electrons.